The lowest BCUT2D eigenvalue weighted by Gasteiger charge is -2.26. The maximum atomic E-state index is 13.0. The van der Waals surface area contributed by atoms with Crippen LogP contribution in [0.15, 0.2) is 9.59 Å². The van der Waals surface area contributed by atoms with Crippen LogP contribution in [0.2, 0.25) is 0 Å². The van der Waals surface area contributed by atoms with Gasteiger partial charge in [-0.15, -0.1) is 0 Å². The number of aromatic nitrogens is 2. The van der Waals surface area contributed by atoms with Crippen molar-refractivity contribution in [1.82, 2.24) is 9.55 Å². The molecule has 8 heteroatoms. The topological polar surface area (TPSA) is 110 Å². The SMILES string of the molecule is CCCCCN(C(=O)C1CCCO1)c1c(N)n(CCCC)c(=O)[nH]c1=O. The molecule has 1 aliphatic rings. The minimum absolute atomic E-state index is 0.0510. The monoisotopic (exact) mass is 366 g/mol. The third-order valence-corrected chi connectivity index (χ3v) is 4.68. The van der Waals surface area contributed by atoms with E-state index < -0.39 is 17.4 Å². The van der Waals surface area contributed by atoms with Crippen molar-refractivity contribution in [2.75, 3.05) is 23.8 Å². The number of nitrogens with zero attached hydrogens (tertiary/aromatic N) is 2. The molecule has 2 rings (SSSR count). The second kappa shape index (κ2) is 9.56. The number of anilines is 2. The summed E-state index contributed by atoms with van der Waals surface area (Å²) in [6.45, 7) is 5.40. The van der Waals surface area contributed by atoms with Crippen molar-refractivity contribution in [3.8, 4) is 0 Å². The van der Waals surface area contributed by atoms with Crippen molar-refractivity contribution in [3.05, 3.63) is 20.8 Å². The van der Waals surface area contributed by atoms with Crippen molar-refractivity contribution in [2.24, 2.45) is 0 Å². The molecule has 0 aromatic carbocycles. The van der Waals surface area contributed by atoms with Crippen LogP contribution in [0, 0.1) is 0 Å². The zero-order valence-corrected chi connectivity index (χ0v) is 15.8. The molecule has 0 aliphatic carbocycles. The van der Waals surface area contributed by atoms with Gasteiger partial charge in [0, 0.05) is 19.7 Å². The molecule has 1 aromatic heterocycles. The number of unbranched alkanes of at least 4 members (excludes halogenated alkanes) is 3. The molecule has 0 bridgehead atoms. The van der Waals surface area contributed by atoms with E-state index in [1.54, 1.807) is 0 Å². The molecule has 26 heavy (non-hydrogen) atoms. The number of nitrogen functional groups attached to an aromatic ring is 1. The Morgan fingerprint density at radius 1 is 1.27 bits per heavy atom. The Hall–Kier alpha value is -2.09. The second-order valence-electron chi connectivity index (χ2n) is 6.70. The summed E-state index contributed by atoms with van der Waals surface area (Å²) in [5.74, 6) is -0.202. The lowest BCUT2D eigenvalue weighted by molar-refractivity contribution is -0.127. The van der Waals surface area contributed by atoms with E-state index in [4.69, 9.17) is 10.5 Å². The van der Waals surface area contributed by atoms with Crippen LogP contribution in [0.4, 0.5) is 11.5 Å². The highest BCUT2D eigenvalue weighted by molar-refractivity contribution is 5.98. The van der Waals surface area contributed by atoms with Crippen LogP contribution in [-0.4, -0.2) is 34.7 Å². The van der Waals surface area contributed by atoms with Gasteiger partial charge in [0.1, 0.15) is 11.9 Å². The number of ether oxygens (including phenoxy) is 1. The van der Waals surface area contributed by atoms with Gasteiger partial charge < -0.3 is 15.4 Å². The highest BCUT2D eigenvalue weighted by Crippen LogP contribution is 2.23. The van der Waals surface area contributed by atoms with Gasteiger partial charge in [0.15, 0.2) is 5.69 Å². The fourth-order valence-electron chi connectivity index (χ4n) is 3.17. The summed E-state index contributed by atoms with van der Waals surface area (Å²) in [5, 5.41) is 0. The Bertz CT molecular complexity index is 719. The number of rotatable bonds is 9. The lowest BCUT2D eigenvalue weighted by atomic mass is 10.1. The minimum Gasteiger partial charge on any atom is -0.383 e. The van der Waals surface area contributed by atoms with Crippen LogP contribution in [0.25, 0.3) is 0 Å². The maximum absolute atomic E-state index is 13.0. The Balaban J connectivity index is 2.43. The first kappa shape index (κ1) is 20.2. The number of carbonyl (C=O) groups excluding carboxylic acids is 1. The fourth-order valence-corrected chi connectivity index (χ4v) is 3.17. The van der Waals surface area contributed by atoms with E-state index in [0.717, 1.165) is 38.5 Å². The third-order valence-electron chi connectivity index (χ3n) is 4.68. The van der Waals surface area contributed by atoms with Gasteiger partial charge in [-0.25, -0.2) is 4.79 Å². The Morgan fingerprint density at radius 2 is 2.00 bits per heavy atom. The van der Waals surface area contributed by atoms with Crippen LogP contribution < -0.4 is 21.9 Å². The molecule has 146 valence electrons. The zero-order chi connectivity index (χ0) is 19.1. The van der Waals surface area contributed by atoms with Crippen molar-refractivity contribution in [1.29, 1.82) is 0 Å². The molecule has 1 aromatic rings. The second-order valence-corrected chi connectivity index (χ2v) is 6.70. The number of carbonyl (C=O) groups is 1. The minimum atomic E-state index is -0.622. The van der Waals surface area contributed by atoms with Crippen LogP contribution in [0.5, 0.6) is 0 Å². The molecular weight excluding hydrogens is 336 g/mol. The predicted octanol–water partition coefficient (Wildman–Crippen LogP) is 1.62. The predicted molar refractivity (Wildman–Crippen MR) is 101 cm³/mol. The number of hydrogen-bond donors (Lipinski definition) is 2. The number of H-pyrrole nitrogens is 1. The quantitative estimate of drug-likeness (QED) is 0.645. The van der Waals surface area contributed by atoms with Gasteiger partial charge in [0.25, 0.3) is 11.5 Å². The maximum Gasteiger partial charge on any atom is 0.330 e. The average Bonchev–Trinajstić information content (AvgIpc) is 3.14. The van der Waals surface area contributed by atoms with Gasteiger partial charge in [-0.1, -0.05) is 33.1 Å². The summed E-state index contributed by atoms with van der Waals surface area (Å²) < 4.78 is 6.85. The number of aromatic amines is 1. The Morgan fingerprint density at radius 3 is 2.62 bits per heavy atom. The highest BCUT2D eigenvalue weighted by Gasteiger charge is 2.32. The van der Waals surface area contributed by atoms with E-state index in [1.165, 1.54) is 9.47 Å². The summed E-state index contributed by atoms with van der Waals surface area (Å²) >= 11 is 0. The normalized spacial score (nSPS) is 16.8. The van der Waals surface area contributed by atoms with E-state index in [-0.39, 0.29) is 17.4 Å². The van der Waals surface area contributed by atoms with Gasteiger partial charge in [0.2, 0.25) is 0 Å². The zero-order valence-electron chi connectivity index (χ0n) is 15.8. The first-order valence-electron chi connectivity index (χ1n) is 9.56. The molecule has 8 nitrogen and oxygen atoms in total. The van der Waals surface area contributed by atoms with Crippen LogP contribution >= 0.6 is 0 Å². The average molecular weight is 366 g/mol. The van der Waals surface area contributed by atoms with Crippen molar-refractivity contribution in [2.45, 2.75) is 71.4 Å². The molecule has 1 atom stereocenters. The molecule has 3 N–H and O–H groups in total. The molecule has 1 unspecified atom stereocenters. The molecule has 1 aliphatic heterocycles. The molecule has 1 fully saturated rings. The fraction of sp³-hybridized carbons (Fsp3) is 0.722. The smallest absolute Gasteiger partial charge is 0.330 e. The Kier molecular flexibility index (Phi) is 7.44. The molecular formula is C18H30N4O4. The lowest BCUT2D eigenvalue weighted by Crippen LogP contribution is -2.45. The Labute approximate surface area is 153 Å². The van der Waals surface area contributed by atoms with E-state index in [9.17, 15) is 14.4 Å². The number of nitrogens with two attached hydrogens (primary N) is 1. The molecule has 1 saturated heterocycles. The van der Waals surface area contributed by atoms with E-state index in [2.05, 4.69) is 11.9 Å². The largest absolute Gasteiger partial charge is 0.383 e. The van der Waals surface area contributed by atoms with E-state index >= 15 is 0 Å². The summed E-state index contributed by atoms with van der Waals surface area (Å²) in [6, 6.07) is 0. The van der Waals surface area contributed by atoms with Gasteiger partial charge >= 0.3 is 5.69 Å². The number of nitrogens with one attached hydrogen (secondary N) is 1. The molecule has 1 amide bonds. The van der Waals surface area contributed by atoms with Gasteiger partial charge in [-0.2, -0.15) is 0 Å². The van der Waals surface area contributed by atoms with Gasteiger partial charge in [-0.3, -0.25) is 19.1 Å². The molecule has 0 saturated carbocycles. The molecule has 0 spiro atoms. The van der Waals surface area contributed by atoms with Crippen LogP contribution in [0.1, 0.15) is 58.8 Å². The summed E-state index contributed by atoms with van der Waals surface area (Å²) in [7, 11) is 0. The highest BCUT2D eigenvalue weighted by atomic mass is 16.5. The first-order chi connectivity index (χ1) is 12.5. The summed E-state index contributed by atoms with van der Waals surface area (Å²) in [5.41, 5.74) is 5.08. The summed E-state index contributed by atoms with van der Waals surface area (Å²) in [4.78, 5) is 41.3. The van der Waals surface area contributed by atoms with Crippen molar-refractivity contribution < 1.29 is 9.53 Å². The van der Waals surface area contributed by atoms with Crippen molar-refractivity contribution in [3.63, 3.8) is 0 Å². The number of hydrogen-bond acceptors (Lipinski definition) is 5. The van der Waals surface area contributed by atoms with Crippen molar-refractivity contribution >= 4 is 17.4 Å². The first-order valence-corrected chi connectivity index (χ1v) is 9.56. The van der Waals surface area contributed by atoms with E-state index in [0.29, 0.717) is 26.1 Å². The molecule has 0 radical (unpaired) electrons. The summed E-state index contributed by atoms with van der Waals surface area (Å²) in [6.07, 6.45) is 5.22. The number of amides is 1. The van der Waals surface area contributed by atoms with Crippen LogP contribution in [0.3, 0.4) is 0 Å². The van der Waals surface area contributed by atoms with Gasteiger partial charge in [-0.05, 0) is 25.7 Å². The van der Waals surface area contributed by atoms with Crippen LogP contribution in [-0.2, 0) is 16.1 Å². The van der Waals surface area contributed by atoms with Gasteiger partial charge in [0.05, 0.1) is 0 Å². The third kappa shape index (κ3) is 4.55. The van der Waals surface area contributed by atoms with E-state index in [1.807, 2.05) is 6.92 Å². The molecule has 2 heterocycles. The standard InChI is InChI=1S/C18H30N4O4/c1-3-5-7-11-21(17(24)13-9-8-12-26-13)14-15(19)22(10-6-4-2)18(25)20-16(14)23/h13H,3-12,19H2,1-2H3,(H,20,23,25).